The second-order valence-corrected chi connectivity index (χ2v) is 4.31. The summed E-state index contributed by atoms with van der Waals surface area (Å²) in [7, 11) is 1.67. The van der Waals surface area contributed by atoms with Crippen LogP contribution in [0.15, 0.2) is 18.2 Å². The lowest BCUT2D eigenvalue weighted by atomic mass is 9.75. The molecule has 2 rings (SSSR count). The summed E-state index contributed by atoms with van der Waals surface area (Å²) < 4.78 is 5.25. The van der Waals surface area contributed by atoms with E-state index in [1.54, 1.807) is 7.11 Å². The van der Waals surface area contributed by atoms with Crippen LogP contribution in [0.3, 0.4) is 0 Å². The van der Waals surface area contributed by atoms with Crippen LogP contribution in [0.1, 0.15) is 37.3 Å². The number of hydrogen-bond donors (Lipinski definition) is 1. The molecule has 0 spiro atoms. The van der Waals surface area contributed by atoms with E-state index in [9.17, 15) is 5.11 Å². The van der Waals surface area contributed by atoms with Gasteiger partial charge in [-0.2, -0.15) is 0 Å². The Kier molecular flexibility index (Phi) is 2.70. The molecule has 2 heteroatoms. The molecule has 0 atom stereocenters. The number of ether oxygens (including phenoxy) is 1. The molecule has 0 saturated heterocycles. The van der Waals surface area contributed by atoms with Gasteiger partial charge in [0, 0.05) is 0 Å². The molecule has 1 aromatic carbocycles. The molecule has 1 fully saturated rings. The van der Waals surface area contributed by atoms with Crippen molar-refractivity contribution in [3.63, 3.8) is 0 Å². The van der Waals surface area contributed by atoms with Crippen molar-refractivity contribution in [1.29, 1.82) is 0 Å². The van der Waals surface area contributed by atoms with E-state index >= 15 is 0 Å². The van der Waals surface area contributed by atoms with E-state index in [-0.39, 0.29) is 0 Å². The Labute approximate surface area is 90.9 Å². The second kappa shape index (κ2) is 3.86. The van der Waals surface area contributed by atoms with Gasteiger partial charge in [-0.1, -0.05) is 13.0 Å². The normalized spacial score (nSPS) is 18.3. The fourth-order valence-electron chi connectivity index (χ4n) is 2.05. The van der Waals surface area contributed by atoms with E-state index in [1.807, 2.05) is 12.1 Å². The van der Waals surface area contributed by atoms with Crippen LogP contribution in [0.5, 0.6) is 5.75 Å². The molecule has 15 heavy (non-hydrogen) atoms. The second-order valence-electron chi connectivity index (χ2n) is 4.31. The predicted molar refractivity (Wildman–Crippen MR) is 60.1 cm³/mol. The standard InChI is InChI=1S/C13H18O2/c1-3-10-7-11(9-12(8-10)15-2)13(14)5-4-6-13/h7-9,14H,3-6H2,1-2H3. The lowest BCUT2D eigenvalue weighted by Gasteiger charge is -2.37. The van der Waals surface area contributed by atoms with Crippen LogP contribution in [0, 0.1) is 0 Å². The maximum Gasteiger partial charge on any atom is 0.119 e. The number of aliphatic hydroxyl groups is 1. The molecular formula is C13H18O2. The minimum absolute atomic E-state index is 0.585. The smallest absolute Gasteiger partial charge is 0.119 e. The zero-order valence-corrected chi connectivity index (χ0v) is 9.42. The highest BCUT2D eigenvalue weighted by molar-refractivity contribution is 5.38. The molecule has 0 aromatic heterocycles. The van der Waals surface area contributed by atoms with Gasteiger partial charge in [-0.15, -0.1) is 0 Å². The molecule has 0 unspecified atom stereocenters. The molecule has 0 aliphatic heterocycles. The van der Waals surface area contributed by atoms with Gasteiger partial charge in [-0.3, -0.25) is 0 Å². The summed E-state index contributed by atoms with van der Waals surface area (Å²) in [4.78, 5) is 0. The molecule has 1 aliphatic rings. The quantitative estimate of drug-likeness (QED) is 0.823. The summed E-state index contributed by atoms with van der Waals surface area (Å²) in [5, 5.41) is 10.3. The van der Waals surface area contributed by atoms with Crippen molar-refractivity contribution in [3.05, 3.63) is 29.3 Å². The van der Waals surface area contributed by atoms with Crippen molar-refractivity contribution in [2.24, 2.45) is 0 Å². The topological polar surface area (TPSA) is 29.5 Å². The van der Waals surface area contributed by atoms with E-state index in [4.69, 9.17) is 4.74 Å². The molecule has 1 aromatic rings. The van der Waals surface area contributed by atoms with Gasteiger partial charge in [0.1, 0.15) is 5.75 Å². The van der Waals surface area contributed by atoms with Gasteiger partial charge in [-0.05, 0) is 48.9 Å². The maximum atomic E-state index is 10.3. The van der Waals surface area contributed by atoms with E-state index in [0.717, 1.165) is 37.0 Å². The van der Waals surface area contributed by atoms with Crippen LogP contribution >= 0.6 is 0 Å². The average molecular weight is 206 g/mol. The largest absolute Gasteiger partial charge is 0.497 e. The predicted octanol–water partition coefficient (Wildman–Crippen LogP) is 2.63. The minimum Gasteiger partial charge on any atom is -0.497 e. The summed E-state index contributed by atoms with van der Waals surface area (Å²) in [5.41, 5.74) is 1.66. The van der Waals surface area contributed by atoms with Crippen LogP contribution in [0.4, 0.5) is 0 Å². The summed E-state index contributed by atoms with van der Waals surface area (Å²) in [6.45, 7) is 2.11. The maximum absolute atomic E-state index is 10.3. The highest BCUT2D eigenvalue weighted by Crippen LogP contribution is 2.42. The van der Waals surface area contributed by atoms with E-state index in [0.29, 0.717) is 0 Å². The zero-order chi connectivity index (χ0) is 10.9. The number of benzene rings is 1. The first-order valence-electron chi connectivity index (χ1n) is 5.59. The first-order chi connectivity index (χ1) is 7.18. The van der Waals surface area contributed by atoms with Crippen LogP contribution < -0.4 is 4.74 Å². The number of aryl methyl sites for hydroxylation is 1. The van der Waals surface area contributed by atoms with Gasteiger partial charge in [0.05, 0.1) is 12.7 Å². The monoisotopic (exact) mass is 206 g/mol. The lowest BCUT2D eigenvalue weighted by Crippen LogP contribution is -2.33. The van der Waals surface area contributed by atoms with Crippen LogP contribution in [-0.2, 0) is 12.0 Å². The third-order valence-electron chi connectivity index (χ3n) is 3.33. The molecule has 2 nitrogen and oxygen atoms in total. The fraction of sp³-hybridized carbons (Fsp3) is 0.538. The van der Waals surface area contributed by atoms with Gasteiger partial charge in [0.2, 0.25) is 0 Å². The molecular weight excluding hydrogens is 188 g/mol. The third kappa shape index (κ3) is 1.86. The van der Waals surface area contributed by atoms with Crippen LogP contribution in [0.2, 0.25) is 0 Å². The van der Waals surface area contributed by atoms with Crippen LogP contribution in [-0.4, -0.2) is 12.2 Å². The Morgan fingerprint density at radius 3 is 2.53 bits per heavy atom. The Bertz CT molecular complexity index is 331. The van der Waals surface area contributed by atoms with Crippen molar-refractivity contribution in [3.8, 4) is 5.75 Å². The van der Waals surface area contributed by atoms with Crippen molar-refractivity contribution < 1.29 is 9.84 Å². The molecule has 82 valence electrons. The molecule has 1 aliphatic carbocycles. The van der Waals surface area contributed by atoms with Gasteiger partial charge < -0.3 is 9.84 Å². The molecule has 1 N–H and O–H groups in total. The average Bonchev–Trinajstić information content (AvgIpc) is 2.25. The molecule has 1 saturated carbocycles. The van der Waals surface area contributed by atoms with E-state index < -0.39 is 5.60 Å². The van der Waals surface area contributed by atoms with Crippen molar-refractivity contribution in [2.75, 3.05) is 7.11 Å². The lowest BCUT2D eigenvalue weighted by molar-refractivity contribution is -0.0389. The van der Waals surface area contributed by atoms with Gasteiger partial charge >= 0.3 is 0 Å². The Hall–Kier alpha value is -1.02. The molecule has 0 bridgehead atoms. The highest BCUT2D eigenvalue weighted by atomic mass is 16.5. The first kappa shape index (κ1) is 10.5. The summed E-state index contributed by atoms with van der Waals surface area (Å²) in [5.74, 6) is 0.852. The van der Waals surface area contributed by atoms with Gasteiger partial charge in [-0.25, -0.2) is 0 Å². The first-order valence-corrected chi connectivity index (χ1v) is 5.59. The van der Waals surface area contributed by atoms with E-state index in [2.05, 4.69) is 13.0 Å². The Morgan fingerprint density at radius 2 is 2.07 bits per heavy atom. The minimum atomic E-state index is -0.585. The molecule has 0 radical (unpaired) electrons. The Balaban J connectivity index is 2.37. The molecule has 0 heterocycles. The van der Waals surface area contributed by atoms with E-state index in [1.165, 1.54) is 5.56 Å². The molecule has 0 amide bonds. The van der Waals surface area contributed by atoms with Gasteiger partial charge in [0.25, 0.3) is 0 Å². The van der Waals surface area contributed by atoms with Crippen LogP contribution in [0.25, 0.3) is 0 Å². The number of methoxy groups -OCH3 is 1. The number of rotatable bonds is 3. The highest BCUT2D eigenvalue weighted by Gasteiger charge is 2.36. The van der Waals surface area contributed by atoms with Crippen molar-refractivity contribution in [2.45, 2.75) is 38.2 Å². The summed E-state index contributed by atoms with van der Waals surface area (Å²) in [6, 6.07) is 6.09. The fourth-order valence-corrected chi connectivity index (χ4v) is 2.05. The van der Waals surface area contributed by atoms with Crippen molar-refractivity contribution in [1.82, 2.24) is 0 Å². The van der Waals surface area contributed by atoms with Gasteiger partial charge in [0.15, 0.2) is 0 Å². The SMILES string of the molecule is CCc1cc(OC)cc(C2(O)CCC2)c1. The Morgan fingerprint density at radius 1 is 1.33 bits per heavy atom. The summed E-state index contributed by atoms with van der Waals surface area (Å²) in [6.07, 6.45) is 3.85. The zero-order valence-electron chi connectivity index (χ0n) is 9.42. The third-order valence-corrected chi connectivity index (χ3v) is 3.33. The summed E-state index contributed by atoms with van der Waals surface area (Å²) >= 11 is 0. The number of hydrogen-bond acceptors (Lipinski definition) is 2. The van der Waals surface area contributed by atoms with Crippen molar-refractivity contribution >= 4 is 0 Å².